The summed E-state index contributed by atoms with van der Waals surface area (Å²) in [7, 11) is 0. The Balaban J connectivity index is 1.12. The van der Waals surface area contributed by atoms with Gasteiger partial charge in [-0.1, -0.05) is 120 Å². The van der Waals surface area contributed by atoms with E-state index in [1.165, 1.54) is 66.8 Å². The summed E-state index contributed by atoms with van der Waals surface area (Å²) in [6, 6.07) is 38.3. The van der Waals surface area contributed by atoms with Gasteiger partial charge in [0.1, 0.15) is 0 Å². The van der Waals surface area contributed by atoms with Gasteiger partial charge >= 0.3 is 0 Å². The van der Waals surface area contributed by atoms with Crippen LogP contribution in [0.3, 0.4) is 0 Å². The van der Waals surface area contributed by atoms with Crippen molar-refractivity contribution in [1.29, 1.82) is 0 Å². The zero-order chi connectivity index (χ0) is 30.9. The number of fused-ring (bicyclic) bond motifs is 9. The first-order valence-electron chi connectivity index (χ1n) is 16.1. The summed E-state index contributed by atoms with van der Waals surface area (Å²) in [5.74, 6) is 0. The van der Waals surface area contributed by atoms with Crippen molar-refractivity contribution in [3.63, 3.8) is 0 Å². The van der Waals surface area contributed by atoms with Crippen molar-refractivity contribution in [1.82, 2.24) is 9.97 Å². The van der Waals surface area contributed by atoms with Crippen LogP contribution in [0.4, 0.5) is 0 Å². The fourth-order valence-corrected chi connectivity index (χ4v) is 8.50. The summed E-state index contributed by atoms with van der Waals surface area (Å²) in [6.45, 7) is 13.9. The van der Waals surface area contributed by atoms with Crippen molar-refractivity contribution in [3.8, 4) is 56.0 Å². The second-order valence-corrected chi connectivity index (χ2v) is 14.7. The first-order chi connectivity index (χ1) is 21.6. The van der Waals surface area contributed by atoms with Crippen molar-refractivity contribution in [2.45, 2.75) is 57.8 Å². The molecule has 0 saturated heterocycles. The molecule has 0 amide bonds. The maximum Gasteiger partial charge on any atom is 0.0753 e. The van der Waals surface area contributed by atoms with Gasteiger partial charge in [-0.2, -0.15) is 0 Å². The van der Waals surface area contributed by atoms with Crippen molar-refractivity contribution in [2.75, 3.05) is 0 Å². The standard InChI is InChI=1S/C43H36N2/c1-41(2)33-14-10-8-12-30(33)40-35(41)19-20-38(45-40)27-23-37-39(44-24-27)31-21-25(16-18-34(31)43(37,5)6)26-15-17-29-28-11-7-9-13-32(28)42(3,4)36(29)22-26/h7-24H,1-6H3. The first kappa shape index (κ1) is 26.6. The summed E-state index contributed by atoms with van der Waals surface area (Å²) in [5, 5.41) is 0. The fourth-order valence-electron chi connectivity index (χ4n) is 8.50. The fraction of sp³-hybridized carbons (Fsp3) is 0.209. The second-order valence-electron chi connectivity index (χ2n) is 14.7. The molecule has 2 heteroatoms. The molecule has 2 aromatic heterocycles. The van der Waals surface area contributed by atoms with Gasteiger partial charge in [-0.15, -0.1) is 0 Å². The van der Waals surface area contributed by atoms with E-state index in [1.54, 1.807) is 0 Å². The maximum atomic E-state index is 5.25. The molecule has 9 rings (SSSR count). The van der Waals surface area contributed by atoms with Crippen molar-refractivity contribution >= 4 is 0 Å². The van der Waals surface area contributed by atoms with Crippen molar-refractivity contribution < 1.29 is 0 Å². The summed E-state index contributed by atoms with van der Waals surface area (Å²) in [6.07, 6.45) is 2.02. The molecule has 3 aliphatic rings. The molecule has 4 aromatic carbocycles. The molecule has 0 atom stereocenters. The van der Waals surface area contributed by atoms with Crippen LogP contribution in [0.15, 0.2) is 109 Å². The molecule has 0 radical (unpaired) electrons. The van der Waals surface area contributed by atoms with E-state index in [1.807, 2.05) is 6.20 Å². The molecule has 45 heavy (non-hydrogen) atoms. The number of hydrogen-bond donors (Lipinski definition) is 0. The van der Waals surface area contributed by atoms with Crippen LogP contribution >= 0.6 is 0 Å². The number of rotatable bonds is 2. The minimum atomic E-state index is -0.154. The second kappa shape index (κ2) is 8.67. The van der Waals surface area contributed by atoms with Crippen molar-refractivity contribution in [2.24, 2.45) is 0 Å². The van der Waals surface area contributed by atoms with Crippen LogP contribution in [0.25, 0.3) is 56.0 Å². The maximum absolute atomic E-state index is 5.25. The Morgan fingerprint density at radius 3 is 1.76 bits per heavy atom. The van der Waals surface area contributed by atoms with E-state index in [0.717, 1.165) is 22.6 Å². The largest absolute Gasteiger partial charge is 0.255 e. The average Bonchev–Trinajstić information content (AvgIpc) is 3.53. The van der Waals surface area contributed by atoms with Gasteiger partial charge in [0.05, 0.1) is 17.1 Å². The normalized spacial score (nSPS) is 16.8. The van der Waals surface area contributed by atoms with Crippen LogP contribution in [0.2, 0.25) is 0 Å². The van der Waals surface area contributed by atoms with Crippen LogP contribution in [0, 0.1) is 0 Å². The molecule has 0 fully saturated rings. The Labute approximate surface area is 265 Å². The predicted octanol–water partition coefficient (Wildman–Crippen LogP) is 10.7. The van der Waals surface area contributed by atoms with Gasteiger partial charge in [0.2, 0.25) is 0 Å². The Bertz CT molecular complexity index is 2250. The highest BCUT2D eigenvalue weighted by atomic mass is 14.8. The van der Waals surface area contributed by atoms with Crippen LogP contribution in [-0.2, 0) is 16.2 Å². The molecule has 2 nitrogen and oxygen atoms in total. The number of pyridine rings is 2. The number of benzene rings is 4. The third-order valence-corrected chi connectivity index (χ3v) is 11.1. The molecular weight excluding hydrogens is 544 g/mol. The van der Waals surface area contributed by atoms with E-state index in [4.69, 9.17) is 9.97 Å². The molecule has 0 aliphatic heterocycles. The quantitative estimate of drug-likeness (QED) is 0.204. The molecule has 0 saturated carbocycles. The van der Waals surface area contributed by atoms with Gasteiger partial charge in [0, 0.05) is 39.1 Å². The van der Waals surface area contributed by atoms with E-state index >= 15 is 0 Å². The molecule has 218 valence electrons. The summed E-state index contributed by atoms with van der Waals surface area (Å²) in [5.41, 5.74) is 19.7. The Morgan fingerprint density at radius 1 is 0.400 bits per heavy atom. The van der Waals surface area contributed by atoms with Crippen LogP contribution in [0.5, 0.6) is 0 Å². The third-order valence-electron chi connectivity index (χ3n) is 11.1. The lowest BCUT2D eigenvalue weighted by Crippen LogP contribution is -2.15. The Kier molecular flexibility index (Phi) is 5.12. The third kappa shape index (κ3) is 3.46. The van der Waals surface area contributed by atoms with Gasteiger partial charge in [0.15, 0.2) is 0 Å². The summed E-state index contributed by atoms with van der Waals surface area (Å²) >= 11 is 0. The zero-order valence-corrected chi connectivity index (χ0v) is 26.8. The van der Waals surface area contributed by atoms with Crippen LogP contribution < -0.4 is 0 Å². The smallest absolute Gasteiger partial charge is 0.0753 e. The van der Waals surface area contributed by atoms with Crippen molar-refractivity contribution in [3.05, 3.63) is 143 Å². The molecule has 0 spiro atoms. The first-order valence-corrected chi connectivity index (χ1v) is 16.1. The lowest BCUT2D eigenvalue weighted by Gasteiger charge is -2.22. The highest BCUT2D eigenvalue weighted by molar-refractivity contribution is 5.87. The molecule has 3 aliphatic carbocycles. The minimum absolute atomic E-state index is 0.0192. The number of aromatic nitrogens is 2. The monoisotopic (exact) mass is 580 g/mol. The zero-order valence-electron chi connectivity index (χ0n) is 26.8. The molecule has 2 heterocycles. The lowest BCUT2D eigenvalue weighted by atomic mass is 9.81. The molecule has 0 unspecified atom stereocenters. The average molecular weight is 581 g/mol. The van der Waals surface area contributed by atoms with E-state index in [0.29, 0.717) is 0 Å². The number of hydrogen-bond acceptors (Lipinski definition) is 2. The molecular formula is C43H36N2. The lowest BCUT2D eigenvalue weighted by molar-refractivity contribution is 0.658. The van der Waals surface area contributed by atoms with Crippen LogP contribution in [-0.4, -0.2) is 9.97 Å². The van der Waals surface area contributed by atoms with E-state index in [-0.39, 0.29) is 16.2 Å². The highest BCUT2D eigenvalue weighted by Gasteiger charge is 2.39. The number of nitrogens with zero attached hydrogens (tertiary/aromatic N) is 2. The predicted molar refractivity (Wildman–Crippen MR) is 186 cm³/mol. The van der Waals surface area contributed by atoms with E-state index in [9.17, 15) is 0 Å². The topological polar surface area (TPSA) is 25.8 Å². The molecule has 6 aromatic rings. The summed E-state index contributed by atoms with van der Waals surface area (Å²) in [4.78, 5) is 10.4. The van der Waals surface area contributed by atoms with Gasteiger partial charge in [-0.25, -0.2) is 4.98 Å². The van der Waals surface area contributed by atoms with Gasteiger partial charge in [-0.3, -0.25) is 4.98 Å². The highest BCUT2D eigenvalue weighted by Crippen LogP contribution is 2.53. The van der Waals surface area contributed by atoms with Crippen LogP contribution in [0.1, 0.15) is 74.9 Å². The van der Waals surface area contributed by atoms with Gasteiger partial charge in [-0.05, 0) is 79.9 Å². The van der Waals surface area contributed by atoms with E-state index in [2.05, 4.69) is 145 Å². The minimum Gasteiger partial charge on any atom is -0.255 e. The van der Waals surface area contributed by atoms with Gasteiger partial charge in [0.25, 0.3) is 0 Å². The van der Waals surface area contributed by atoms with Gasteiger partial charge < -0.3 is 0 Å². The SMILES string of the molecule is CC1(C)c2ccccc2-c2ccc(-c3ccc4c(c3)-c3ncc(-c5ccc6c(n5)-c5ccccc5C6(C)C)cc3C4(C)C)cc21. The molecule has 0 bridgehead atoms. The molecule has 0 N–H and O–H groups in total. The Morgan fingerprint density at radius 2 is 0.956 bits per heavy atom. The summed E-state index contributed by atoms with van der Waals surface area (Å²) < 4.78 is 0. The van der Waals surface area contributed by atoms with E-state index < -0.39 is 0 Å². The Hall–Kier alpha value is -4.82.